The molecule has 0 atom stereocenters. The first kappa shape index (κ1) is 15.8. The number of hydrogen-bond acceptors (Lipinski definition) is 4. The summed E-state index contributed by atoms with van der Waals surface area (Å²) in [6, 6.07) is 5.09. The average Bonchev–Trinajstić information content (AvgIpc) is 2.25. The van der Waals surface area contributed by atoms with Gasteiger partial charge in [0.05, 0.1) is 11.4 Å². The highest BCUT2D eigenvalue weighted by molar-refractivity contribution is 5.96. The van der Waals surface area contributed by atoms with Gasteiger partial charge in [-0.25, -0.2) is 0 Å². The first-order chi connectivity index (χ1) is 9.12. The number of nitrogens with zero attached hydrogens (tertiary/aromatic N) is 1. The van der Waals surface area contributed by atoms with Gasteiger partial charge in [-0.3, -0.25) is 9.59 Å². The molecule has 0 aliphatic heterocycles. The molecule has 20 heavy (non-hydrogen) atoms. The molecule has 6 heteroatoms. The molecule has 0 saturated heterocycles. The zero-order chi connectivity index (χ0) is 15.5. The molecule has 0 heterocycles. The maximum atomic E-state index is 12.1. The van der Waals surface area contributed by atoms with E-state index in [2.05, 4.69) is 5.32 Å². The minimum Gasteiger partial charge on any atom is -0.397 e. The van der Waals surface area contributed by atoms with Crippen LogP contribution in [0.5, 0.6) is 0 Å². The van der Waals surface area contributed by atoms with E-state index in [9.17, 15) is 9.59 Å². The zero-order valence-electron chi connectivity index (χ0n) is 12.4. The number of amides is 2. The smallest absolute Gasteiger partial charge is 0.251 e. The summed E-state index contributed by atoms with van der Waals surface area (Å²) >= 11 is 0. The lowest BCUT2D eigenvalue weighted by Crippen LogP contribution is -2.46. The van der Waals surface area contributed by atoms with Crippen molar-refractivity contribution >= 4 is 23.2 Å². The summed E-state index contributed by atoms with van der Waals surface area (Å²) in [7, 11) is 3.75. The van der Waals surface area contributed by atoms with E-state index in [0.717, 1.165) is 5.69 Å². The van der Waals surface area contributed by atoms with Crippen molar-refractivity contribution in [1.82, 2.24) is 5.32 Å². The molecule has 0 saturated carbocycles. The number of nitrogen functional groups attached to an aromatic ring is 1. The van der Waals surface area contributed by atoms with Gasteiger partial charge in [-0.1, -0.05) is 0 Å². The van der Waals surface area contributed by atoms with Crippen molar-refractivity contribution < 1.29 is 9.59 Å². The number of hydrogen-bond donors (Lipinski definition) is 3. The van der Waals surface area contributed by atoms with Crippen molar-refractivity contribution in [2.45, 2.75) is 25.8 Å². The molecule has 5 N–H and O–H groups in total. The van der Waals surface area contributed by atoms with E-state index >= 15 is 0 Å². The van der Waals surface area contributed by atoms with Crippen molar-refractivity contribution in [2.75, 3.05) is 24.7 Å². The topological polar surface area (TPSA) is 101 Å². The first-order valence-electron chi connectivity index (χ1n) is 6.30. The normalized spacial score (nSPS) is 11.0. The fourth-order valence-electron chi connectivity index (χ4n) is 1.96. The van der Waals surface area contributed by atoms with Gasteiger partial charge >= 0.3 is 0 Å². The van der Waals surface area contributed by atoms with Crippen molar-refractivity contribution in [2.24, 2.45) is 5.73 Å². The predicted molar refractivity (Wildman–Crippen MR) is 80.5 cm³/mol. The van der Waals surface area contributed by atoms with Crippen LogP contribution in [-0.4, -0.2) is 31.4 Å². The molecular weight excluding hydrogens is 256 g/mol. The van der Waals surface area contributed by atoms with Gasteiger partial charge < -0.3 is 21.7 Å². The van der Waals surface area contributed by atoms with E-state index < -0.39 is 11.4 Å². The van der Waals surface area contributed by atoms with Gasteiger partial charge in [0.1, 0.15) is 0 Å². The van der Waals surface area contributed by atoms with Crippen LogP contribution in [0.4, 0.5) is 11.4 Å². The Hall–Kier alpha value is -2.24. The van der Waals surface area contributed by atoms with Crippen LogP contribution in [-0.2, 0) is 4.79 Å². The van der Waals surface area contributed by atoms with Crippen LogP contribution in [0.2, 0.25) is 0 Å². The third-order valence-electron chi connectivity index (χ3n) is 2.84. The second kappa shape index (κ2) is 5.81. The lowest BCUT2D eigenvalue weighted by Gasteiger charge is -2.25. The molecule has 0 fully saturated rings. The molecule has 1 aromatic rings. The standard InChI is InChI=1S/C14H22N4O2/c1-14(2,8-12(16)19)17-13(20)9-5-6-11(18(3)4)10(15)7-9/h5-7H,8,15H2,1-4H3,(H2,16,19)(H,17,20). The lowest BCUT2D eigenvalue weighted by atomic mass is 9.99. The quantitative estimate of drug-likeness (QED) is 0.691. The Kier molecular flexibility index (Phi) is 4.60. The van der Waals surface area contributed by atoms with E-state index in [1.807, 2.05) is 19.0 Å². The Morgan fingerprint density at radius 3 is 2.35 bits per heavy atom. The fraction of sp³-hybridized carbons (Fsp3) is 0.429. The van der Waals surface area contributed by atoms with Crippen molar-refractivity contribution in [3.8, 4) is 0 Å². The molecule has 0 bridgehead atoms. The number of nitrogens with one attached hydrogen (secondary N) is 1. The summed E-state index contributed by atoms with van der Waals surface area (Å²) in [5.41, 5.74) is 12.2. The maximum Gasteiger partial charge on any atom is 0.251 e. The number of benzene rings is 1. The summed E-state index contributed by atoms with van der Waals surface area (Å²) in [6.45, 7) is 3.49. The Morgan fingerprint density at radius 2 is 1.90 bits per heavy atom. The summed E-state index contributed by atoms with van der Waals surface area (Å²) in [5, 5.41) is 2.77. The fourth-order valence-corrected chi connectivity index (χ4v) is 1.96. The van der Waals surface area contributed by atoms with E-state index in [-0.39, 0.29) is 12.3 Å². The molecule has 1 rings (SSSR count). The van der Waals surface area contributed by atoms with E-state index in [1.54, 1.807) is 32.0 Å². The number of carbonyl (C=O) groups is 2. The third kappa shape index (κ3) is 4.15. The summed E-state index contributed by atoms with van der Waals surface area (Å²) in [4.78, 5) is 25.0. The highest BCUT2D eigenvalue weighted by Gasteiger charge is 2.23. The molecule has 1 aromatic carbocycles. The van der Waals surface area contributed by atoms with Crippen LogP contribution >= 0.6 is 0 Å². The number of anilines is 2. The molecule has 0 aliphatic carbocycles. The average molecular weight is 278 g/mol. The zero-order valence-corrected chi connectivity index (χ0v) is 12.4. The van der Waals surface area contributed by atoms with Crippen LogP contribution in [0.3, 0.4) is 0 Å². The SMILES string of the molecule is CN(C)c1ccc(C(=O)NC(C)(C)CC(N)=O)cc1N. The van der Waals surface area contributed by atoms with Gasteiger partial charge in [0.25, 0.3) is 5.91 Å². The van der Waals surface area contributed by atoms with Gasteiger partial charge in [-0.05, 0) is 32.0 Å². The minimum absolute atomic E-state index is 0.0734. The molecule has 0 spiro atoms. The summed E-state index contributed by atoms with van der Waals surface area (Å²) in [5.74, 6) is -0.744. The number of carbonyl (C=O) groups excluding carboxylic acids is 2. The molecule has 0 aliphatic rings. The highest BCUT2D eigenvalue weighted by atomic mass is 16.2. The Morgan fingerprint density at radius 1 is 1.30 bits per heavy atom. The van der Waals surface area contributed by atoms with E-state index in [1.165, 1.54) is 0 Å². The monoisotopic (exact) mass is 278 g/mol. The maximum absolute atomic E-state index is 12.1. The molecule has 6 nitrogen and oxygen atoms in total. The van der Waals surface area contributed by atoms with Crippen LogP contribution in [0.1, 0.15) is 30.6 Å². The molecule has 110 valence electrons. The summed E-state index contributed by atoms with van der Waals surface area (Å²) in [6.07, 6.45) is 0.0734. The lowest BCUT2D eigenvalue weighted by molar-refractivity contribution is -0.119. The van der Waals surface area contributed by atoms with Crippen LogP contribution in [0.25, 0.3) is 0 Å². The van der Waals surface area contributed by atoms with Crippen molar-refractivity contribution in [3.63, 3.8) is 0 Å². The molecular formula is C14H22N4O2. The predicted octanol–water partition coefficient (Wildman–Crippen LogP) is 0.719. The number of primary amides is 1. The van der Waals surface area contributed by atoms with E-state index in [4.69, 9.17) is 11.5 Å². The Bertz CT molecular complexity index is 524. The highest BCUT2D eigenvalue weighted by Crippen LogP contribution is 2.22. The second-order valence-corrected chi connectivity index (χ2v) is 5.65. The van der Waals surface area contributed by atoms with Gasteiger partial charge in [-0.15, -0.1) is 0 Å². The van der Waals surface area contributed by atoms with Crippen LogP contribution in [0, 0.1) is 0 Å². The van der Waals surface area contributed by atoms with Crippen molar-refractivity contribution in [1.29, 1.82) is 0 Å². The number of nitrogens with two attached hydrogens (primary N) is 2. The largest absolute Gasteiger partial charge is 0.397 e. The molecule has 0 unspecified atom stereocenters. The Balaban J connectivity index is 2.88. The molecule has 2 amide bonds. The van der Waals surface area contributed by atoms with Crippen molar-refractivity contribution in [3.05, 3.63) is 23.8 Å². The summed E-state index contributed by atoms with van der Waals surface area (Å²) < 4.78 is 0. The molecule has 0 aromatic heterocycles. The van der Waals surface area contributed by atoms with E-state index in [0.29, 0.717) is 11.3 Å². The van der Waals surface area contributed by atoms with Gasteiger partial charge in [0, 0.05) is 31.6 Å². The van der Waals surface area contributed by atoms with Gasteiger partial charge in [-0.2, -0.15) is 0 Å². The minimum atomic E-state index is -0.697. The second-order valence-electron chi connectivity index (χ2n) is 5.65. The Labute approximate surface area is 119 Å². The van der Waals surface area contributed by atoms with Crippen LogP contribution < -0.4 is 21.7 Å². The first-order valence-corrected chi connectivity index (χ1v) is 6.30. The number of rotatable bonds is 5. The van der Waals surface area contributed by atoms with Gasteiger partial charge in [0.2, 0.25) is 5.91 Å². The van der Waals surface area contributed by atoms with Crippen LogP contribution in [0.15, 0.2) is 18.2 Å². The third-order valence-corrected chi connectivity index (χ3v) is 2.84. The molecule has 0 radical (unpaired) electrons. The van der Waals surface area contributed by atoms with Gasteiger partial charge in [0.15, 0.2) is 0 Å².